The van der Waals surface area contributed by atoms with Crippen molar-refractivity contribution in [3.63, 3.8) is 0 Å². The minimum atomic E-state index is -0.405. The summed E-state index contributed by atoms with van der Waals surface area (Å²) in [6.07, 6.45) is 0.583. The number of fused-ring (bicyclic) bond motifs is 1. The Morgan fingerprint density at radius 3 is 2.76 bits per heavy atom. The largest absolute Gasteiger partial charge is 0.369 e. The number of thiophene rings is 1. The molecular formula is C18H19N3O2S2. The fraction of sp³-hybridized carbons (Fsp3) is 0.278. The molecule has 1 atom stereocenters. The van der Waals surface area contributed by atoms with Gasteiger partial charge in [-0.3, -0.25) is 9.59 Å². The van der Waals surface area contributed by atoms with Crippen LogP contribution in [0.1, 0.15) is 24.5 Å². The summed E-state index contributed by atoms with van der Waals surface area (Å²) in [6.45, 7) is 5.99. The molecule has 7 heteroatoms. The van der Waals surface area contributed by atoms with Crippen LogP contribution in [-0.4, -0.2) is 21.1 Å². The van der Waals surface area contributed by atoms with Gasteiger partial charge in [0.15, 0.2) is 5.16 Å². The van der Waals surface area contributed by atoms with Crippen molar-refractivity contribution in [2.45, 2.75) is 37.6 Å². The molecule has 0 aliphatic heterocycles. The molecule has 25 heavy (non-hydrogen) atoms. The van der Waals surface area contributed by atoms with E-state index in [1.54, 1.807) is 0 Å². The van der Waals surface area contributed by atoms with Crippen LogP contribution in [0.25, 0.3) is 21.3 Å². The van der Waals surface area contributed by atoms with Crippen LogP contribution in [0.2, 0.25) is 0 Å². The van der Waals surface area contributed by atoms with Crippen molar-refractivity contribution >= 4 is 39.2 Å². The van der Waals surface area contributed by atoms with Crippen molar-refractivity contribution in [3.8, 4) is 11.1 Å². The molecule has 0 saturated heterocycles. The van der Waals surface area contributed by atoms with E-state index in [4.69, 9.17) is 5.73 Å². The van der Waals surface area contributed by atoms with Crippen molar-refractivity contribution < 1.29 is 4.79 Å². The zero-order valence-corrected chi connectivity index (χ0v) is 15.9. The van der Waals surface area contributed by atoms with Crippen molar-refractivity contribution in [1.29, 1.82) is 0 Å². The number of nitrogens with two attached hydrogens (primary N) is 1. The fourth-order valence-corrected chi connectivity index (χ4v) is 4.44. The molecule has 1 amide bonds. The topological polar surface area (TPSA) is 88.8 Å². The van der Waals surface area contributed by atoms with Crippen LogP contribution in [0.5, 0.6) is 0 Å². The predicted octanol–water partition coefficient (Wildman–Crippen LogP) is 3.62. The summed E-state index contributed by atoms with van der Waals surface area (Å²) in [5.74, 6) is -0.405. The van der Waals surface area contributed by atoms with Crippen LogP contribution in [0.15, 0.2) is 33.5 Å². The SMILES string of the molecule is CCC(Sc1nc2scc(-c3ccc(C)c(C)c3)c2c(=O)[nH]1)C(N)=O. The van der Waals surface area contributed by atoms with Gasteiger partial charge in [-0.1, -0.05) is 36.9 Å². The van der Waals surface area contributed by atoms with Crippen molar-refractivity contribution in [3.05, 3.63) is 45.1 Å². The van der Waals surface area contributed by atoms with E-state index in [1.165, 1.54) is 34.2 Å². The Morgan fingerprint density at radius 1 is 1.36 bits per heavy atom. The third kappa shape index (κ3) is 3.48. The Balaban J connectivity index is 2.06. The highest BCUT2D eigenvalue weighted by atomic mass is 32.2. The lowest BCUT2D eigenvalue weighted by atomic mass is 10.0. The van der Waals surface area contributed by atoms with Gasteiger partial charge in [-0.05, 0) is 37.0 Å². The van der Waals surface area contributed by atoms with E-state index in [-0.39, 0.29) is 5.56 Å². The molecule has 1 unspecified atom stereocenters. The normalized spacial score (nSPS) is 12.4. The Bertz CT molecular complexity index is 1010. The number of hydrogen-bond acceptors (Lipinski definition) is 5. The van der Waals surface area contributed by atoms with Gasteiger partial charge in [-0.15, -0.1) is 11.3 Å². The molecule has 3 aromatic rings. The lowest BCUT2D eigenvalue weighted by Gasteiger charge is -2.09. The first kappa shape index (κ1) is 17.7. The van der Waals surface area contributed by atoms with Crippen molar-refractivity contribution in [1.82, 2.24) is 9.97 Å². The van der Waals surface area contributed by atoms with Gasteiger partial charge in [0.05, 0.1) is 10.6 Å². The number of primary amides is 1. The van der Waals surface area contributed by atoms with Crippen LogP contribution in [0, 0.1) is 13.8 Å². The first-order valence-corrected chi connectivity index (χ1v) is 9.71. The quantitative estimate of drug-likeness (QED) is 0.528. The van der Waals surface area contributed by atoms with Crippen molar-refractivity contribution in [2.24, 2.45) is 5.73 Å². The second-order valence-corrected chi connectivity index (χ2v) is 7.97. The average Bonchev–Trinajstić information content (AvgIpc) is 2.99. The van der Waals surface area contributed by atoms with Gasteiger partial charge in [0.1, 0.15) is 4.83 Å². The maximum absolute atomic E-state index is 12.6. The number of nitrogens with zero attached hydrogens (tertiary/aromatic N) is 1. The summed E-state index contributed by atoms with van der Waals surface area (Å²) < 4.78 is 0. The molecule has 0 aliphatic carbocycles. The molecule has 0 fully saturated rings. The molecule has 2 heterocycles. The van der Waals surface area contributed by atoms with Gasteiger partial charge < -0.3 is 10.7 Å². The molecule has 0 spiro atoms. The molecule has 2 aromatic heterocycles. The number of carbonyl (C=O) groups is 1. The Labute approximate surface area is 153 Å². The summed E-state index contributed by atoms with van der Waals surface area (Å²) in [6, 6.07) is 6.16. The molecule has 3 N–H and O–H groups in total. The second-order valence-electron chi connectivity index (χ2n) is 5.92. The van der Waals surface area contributed by atoms with E-state index >= 15 is 0 Å². The van der Waals surface area contributed by atoms with E-state index in [1.807, 2.05) is 18.4 Å². The highest BCUT2D eigenvalue weighted by molar-refractivity contribution is 8.00. The number of benzene rings is 1. The van der Waals surface area contributed by atoms with Crippen LogP contribution in [0.4, 0.5) is 0 Å². The van der Waals surface area contributed by atoms with E-state index in [2.05, 4.69) is 35.9 Å². The minimum absolute atomic E-state index is 0.193. The number of hydrogen-bond donors (Lipinski definition) is 2. The Kier molecular flexibility index (Phi) is 4.96. The average molecular weight is 374 g/mol. The molecule has 0 saturated carbocycles. The summed E-state index contributed by atoms with van der Waals surface area (Å²) in [5, 5.41) is 2.57. The number of nitrogens with one attached hydrogen (secondary N) is 1. The highest BCUT2D eigenvalue weighted by Gasteiger charge is 2.18. The monoisotopic (exact) mass is 373 g/mol. The smallest absolute Gasteiger partial charge is 0.260 e. The van der Waals surface area contributed by atoms with E-state index in [9.17, 15) is 9.59 Å². The van der Waals surface area contributed by atoms with Crippen molar-refractivity contribution in [2.75, 3.05) is 0 Å². The van der Waals surface area contributed by atoms with Gasteiger partial charge in [0.25, 0.3) is 5.56 Å². The third-order valence-corrected chi connectivity index (χ3v) is 6.32. The van der Waals surface area contributed by atoms with Gasteiger partial charge in [0.2, 0.25) is 5.91 Å². The summed E-state index contributed by atoms with van der Waals surface area (Å²) in [7, 11) is 0. The third-order valence-electron chi connectivity index (χ3n) is 4.18. The Hall–Kier alpha value is -2.12. The maximum atomic E-state index is 12.6. The molecular weight excluding hydrogens is 354 g/mol. The highest BCUT2D eigenvalue weighted by Crippen LogP contribution is 2.33. The molecule has 130 valence electrons. The molecule has 0 aliphatic rings. The summed E-state index contributed by atoms with van der Waals surface area (Å²) >= 11 is 2.63. The number of aromatic amines is 1. The molecule has 1 aromatic carbocycles. The lowest BCUT2D eigenvalue weighted by Crippen LogP contribution is -2.25. The molecule has 3 rings (SSSR count). The summed E-state index contributed by atoms with van der Waals surface area (Å²) in [5.41, 5.74) is 9.47. The van der Waals surface area contributed by atoms with Crippen LogP contribution in [-0.2, 0) is 4.79 Å². The Morgan fingerprint density at radius 2 is 2.12 bits per heavy atom. The number of H-pyrrole nitrogens is 1. The standard InChI is InChI=1S/C18H19N3O2S2/c1-4-13(15(19)22)25-18-20-16(23)14-12(8-24-17(14)21-18)11-6-5-9(2)10(3)7-11/h5-8,13H,4H2,1-3H3,(H2,19,22)(H,20,21,23). The number of aryl methyl sites for hydroxylation is 2. The molecule has 0 bridgehead atoms. The molecule has 0 radical (unpaired) electrons. The minimum Gasteiger partial charge on any atom is -0.369 e. The van der Waals surface area contributed by atoms with Crippen LogP contribution >= 0.6 is 23.1 Å². The van der Waals surface area contributed by atoms with Gasteiger partial charge in [-0.2, -0.15) is 0 Å². The zero-order valence-electron chi connectivity index (χ0n) is 14.3. The van der Waals surface area contributed by atoms with Gasteiger partial charge in [-0.25, -0.2) is 4.98 Å². The number of carbonyl (C=O) groups excluding carboxylic acids is 1. The second kappa shape index (κ2) is 7.01. The predicted molar refractivity (Wildman–Crippen MR) is 104 cm³/mol. The van der Waals surface area contributed by atoms with E-state index < -0.39 is 11.2 Å². The summed E-state index contributed by atoms with van der Waals surface area (Å²) in [4.78, 5) is 32.0. The van der Waals surface area contributed by atoms with Crippen LogP contribution in [0.3, 0.4) is 0 Å². The van der Waals surface area contributed by atoms with E-state index in [0.717, 1.165) is 11.1 Å². The van der Waals surface area contributed by atoms with Gasteiger partial charge >= 0.3 is 0 Å². The molecule has 5 nitrogen and oxygen atoms in total. The first-order valence-electron chi connectivity index (χ1n) is 7.95. The fourth-order valence-electron chi connectivity index (χ4n) is 2.58. The number of thioether (sulfide) groups is 1. The number of aromatic nitrogens is 2. The maximum Gasteiger partial charge on any atom is 0.260 e. The van der Waals surface area contributed by atoms with Gasteiger partial charge in [0, 0.05) is 10.9 Å². The number of amides is 1. The van der Waals surface area contributed by atoms with Crippen LogP contribution < -0.4 is 11.3 Å². The number of rotatable bonds is 5. The lowest BCUT2D eigenvalue weighted by molar-refractivity contribution is -0.117. The zero-order chi connectivity index (χ0) is 18.1. The van der Waals surface area contributed by atoms with E-state index in [0.29, 0.717) is 21.8 Å². The first-order chi connectivity index (χ1) is 11.9.